The van der Waals surface area contributed by atoms with E-state index in [1.807, 2.05) is 0 Å². The minimum absolute atomic E-state index is 1.01. The number of fused-ring (bicyclic) bond motifs is 11. The Morgan fingerprint density at radius 1 is 0.361 bits per heavy atom. The third-order valence-electron chi connectivity index (χ3n) is 7.61. The van der Waals surface area contributed by atoms with Gasteiger partial charge in [-0.1, -0.05) is 115 Å². The molecule has 0 aliphatic carbocycles. The van der Waals surface area contributed by atoms with Crippen molar-refractivity contribution in [3.63, 3.8) is 0 Å². The zero-order valence-corrected chi connectivity index (χ0v) is 19.6. The second-order valence-corrected chi connectivity index (χ2v) is 9.54. The second-order valence-electron chi connectivity index (χ2n) is 9.54. The Balaban J connectivity index is 1.56. The van der Waals surface area contributed by atoms with Gasteiger partial charge in [-0.15, -0.1) is 0 Å². The maximum absolute atomic E-state index is 5.27. The van der Waals surface area contributed by atoms with Gasteiger partial charge in [-0.25, -0.2) is 4.98 Å². The van der Waals surface area contributed by atoms with Crippen LogP contribution in [0.5, 0.6) is 0 Å². The summed E-state index contributed by atoms with van der Waals surface area (Å²) in [6, 6.07) is 46.0. The summed E-state index contributed by atoms with van der Waals surface area (Å²) in [5.74, 6) is 0. The first-order chi connectivity index (χ1) is 17.9. The molecule has 1 heterocycles. The summed E-state index contributed by atoms with van der Waals surface area (Å²) in [7, 11) is 0. The first-order valence-electron chi connectivity index (χ1n) is 12.4. The van der Waals surface area contributed by atoms with Gasteiger partial charge in [0.15, 0.2) is 0 Å². The van der Waals surface area contributed by atoms with Gasteiger partial charge >= 0.3 is 0 Å². The van der Waals surface area contributed by atoms with Crippen LogP contribution in [-0.2, 0) is 0 Å². The van der Waals surface area contributed by atoms with E-state index in [0.717, 1.165) is 11.2 Å². The van der Waals surface area contributed by atoms with Gasteiger partial charge in [0.05, 0.1) is 11.2 Å². The largest absolute Gasteiger partial charge is 0.247 e. The van der Waals surface area contributed by atoms with E-state index in [1.54, 1.807) is 0 Å². The molecule has 1 heteroatoms. The fourth-order valence-corrected chi connectivity index (χ4v) is 5.99. The fraction of sp³-hybridized carbons (Fsp3) is 0. The predicted molar refractivity (Wildman–Crippen MR) is 155 cm³/mol. The molecule has 0 saturated heterocycles. The molecule has 166 valence electrons. The smallest absolute Gasteiger partial charge is 0.0787 e. The third-order valence-corrected chi connectivity index (χ3v) is 7.61. The highest BCUT2D eigenvalue weighted by molar-refractivity contribution is 6.33. The highest BCUT2D eigenvalue weighted by Gasteiger charge is 2.15. The first-order valence-corrected chi connectivity index (χ1v) is 12.4. The molecule has 0 aliphatic heterocycles. The molecule has 1 aromatic heterocycles. The van der Waals surface area contributed by atoms with Gasteiger partial charge < -0.3 is 0 Å². The minimum atomic E-state index is 1.01. The molecule has 0 saturated carbocycles. The Morgan fingerprint density at radius 3 is 1.61 bits per heavy atom. The number of hydrogen-bond acceptors (Lipinski definition) is 1. The van der Waals surface area contributed by atoms with Crippen LogP contribution in [-0.4, -0.2) is 4.98 Å². The molecule has 0 bridgehead atoms. The van der Waals surface area contributed by atoms with Gasteiger partial charge in [0.2, 0.25) is 0 Å². The highest BCUT2D eigenvalue weighted by Crippen LogP contribution is 2.42. The monoisotopic (exact) mass is 455 g/mol. The predicted octanol–water partition coefficient (Wildman–Crippen LogP) is 9.67. The van der Waals surface area contributed by atoms with Crippen LogP contribution in [0, 0.1) is 0 Å². The van der Waals surface area contributed by atoms with Gasteiger partial charge in [-0.05, 0) is 60.6 Å². The van der Waals surface area contributed by atoms with Gasteiger partial charge in [0.1, 0.15) is 0 Å². The molecule has 7 aromatic carbocycles. The van der Waals surface area contributed by atoms with Crippen molar-refractivity contribution in [3.8, 4) is 11.3 Å². The topological polar surface area (TPSA) is 12.9 Å². The summed E-state index contributed by atoms with van der Waals surface area (Å²) >= 11 is 0. The Bertz CT molecular complexity index is 2150. The van der Waals surface area contributed by atoms with E-state index < -0.39 is 0 Å². The summed E-state index contributed by atoms with van der Waals surface area (Å²) in [4.78, 5) is 5.27. The van der Waals surface area contributed by atoms with E-state index in [-0.39, 0.29) is 0 Å². The van der Waals surface area contributed by atoms with Crippen molar-refractivity contribution in [1.82, 2.24) is 4.98 Å². The molecule has 0 aliphatic rings. The Hall–Kier alpha value is -4.75. The molecular weight excluding hydrogens is 434 g/mol. The lowest BCUT2D eigenvalue weighted by molar-refractivity contribution is 1.42. The zero-order valence-electron chi connectivity index (χ0n) is 19.6. The molecule has 0 spiro atoms. The van der Waals surface area contributed by atoms with E-state index in [0.29, 0.717) is 0 Å². The standard InChI is InChI=1S/C35H21N/c1-2-10-24-22(9-1)17-18-23-19-20-33(36-35(23)24)31-21-32-27-13-4-3-11-25(27)26-12-5-7-15-29(26)34(32)30-16-8-6-14-28(30)31/h1-21H. The molecule has 0 amide bonds. The lowest BCUT2D eigenvalue weighted by Gasteiger charge is -2.16. The van der Waals surface area contributed by atoms with Crippen molar-refractivity contribution in [3.05, 3.63) is 127 Å². The van der Waals surface area contributed by atoms with Gasteiger partial charge in [-0.2, -0.15) is 0 Å². The molecule has 0 N–H and O–H groups in total. The zero-order chi connectivity index (χ0) is 23.6. The van der Waals surface area contributed by atoms with E-state index in [2.05, 4.69) is 127 Å². The van der Waals surface area contributed by atoms with Gasteiger partial charge in [0.25, 0.3) is 0 Å². The lowest BCUT2D eigenvalue weighted by Crippen LogP contribution is -1.91. The van der Waals surface area contributed by atoms with Gasteiger partial charge in [0, 0.05) is 16.3 Å². The van der Waals surface area contributed by atoms with Crippen LogP contribution in [0.1, 0.15) is 0 Å². The van der Waals surface area contributed by atoms with Crippen molar-refractivity contribution in [2.24, 2.45) is 0 Å². The quantitative estimate of drug-likeness (QED) is 0.225. The van der Waals surface area contributed by atoms with Crippen molar-refractivity contribution in [2.75, 3.05) is 0 Å². The van der Waals surface area contributed by atoms with E-state index in [9.17, 15) is 0 Å². The van der Waals surface area contributed by atoms with Crippen LogP contribution in [0.3, 0.4) is 0 Å². The van der Waals surface area contributed by atoms with Crippen LogP contribution in [0.4, 0.5) is 0 Å². The number of rotatable bonds is 1. The number of aromatic nitrogens is 1. The molecule has 0 atom stereocenters. The summed E-state index contributed by atoms with van der Waals surface area (Å²) in [5, 5.41) is 13.8. The number of pyridine rings is 1. The Morgan fingerprint density at radius 2 is 0.861 bits per heavy atom. The van der Waals surface area contributed by atoms with Crippen LogP contribution >= 0.6 is 0 Å². The number of nitrogens with zero attached hydrogens (tertiary/aromatic N) is 1. The van der Waals surface area contributed by atoms with E-state index >= 15 is 0 Å². The molecule has 8 aromatic rings. The summed E-state index contributed by atoms with van der Waals surface area (Å²) in [6.45, 7) is 0. The van der Waals surface area contributed by atoms with Crippen LogP contribution in [0.15, 0.2) is 127 Å². The summed E-state index contributed by atoms with van der Waals surface area (Å²) < 4.78 is 0. The van der Waals surface area contributed by atoms with Crippen molar-refractivity contribution in [1.29, 1.82) is 0 Å². The maximum atomic E-state index is 5.27. The third kappa shape index (κ3) is 2.68. The average molecular weight is 456 g/mol. The van der Waals surface area contributed by atoms with Crippen molar-refractivity contribution < 1.29 is 0 Å². The van der Waals surface area contributed by atoms with Gasteiger partial charge in [-0.3, -0.25) is 0 Å². The van der Waals surface area contributed by atoms with E-state index in [4.69, 9.17) is 4.98 Å². The molecule has 36 heavy (non-hydrogen) atoms. The maximum Gasteiger partial charge on any atom is 0.0787 e. The summed E-state index contributed by atoms with van der Waals surface area (Å²) in [5.41, 5.74) is 3.24. The Labute approximate surface area is 208 Å². The van der Waals surface area contributed by atoms with Crippen molar-refractivity contribution in [2.45, 2.75) is 0 Å². The normalized spacial score (nSPS) is 11.9. The van der Waals surface area contributed by atoms with Crippen LogP contribution in [0.25, 0.3) is 76.0 Å². The summed E-state index contributed by atoms with van der Waals surface area (Å²) in [6.07, 6.45) is 0. The van der Waals surface area contributed by atoms with Crippen LogP contribution < -0.4 is 0 Å². The molecule has 0 unspecified atom stereocenters. The second kappa shape index (κ2) is 7.37. The highest BCUT2D eigenvalue weighted by atomic mass is 14.7. The molecule has 0 radical (unpaired) electrons. The molecular formula is C35H21N. The fourth-order valence-electron chi connectivity index (χ4n) is 5.99. The van der Waals surface area contributed by atoms with Crippen LogP contribution in [0.2, 0.25) is 0 Å². The minimum Gasteiger partial charge on any atom is -0.247 e. The first kappa shape index (κ1) is 19.5. The molecule has 1 nitrogen and oxygen atoms in total. The van der Waals surface area contributed by atoms with Crippen molar-refractivity contribution >= 4 is 64.8 Å². The lowest BCUT2D eigenvalue weighted by atomic mass is 9.88. The molecule has 8 rings (SSSR count). The number of hydrogen-bond donors (Lipinski definition) is 0. The van der Waals surface area contributed by atoms with E-state index in [1.165, 1.54) is 64.8 Å². The Kier molecular flexibility index (Phi) is 4.00. The number of benzene rings is 7. The SMILES string of the molecule is c1ccc2c(c1)ccc1ccc(-c3cc4c5ccccc5c5ccccc5c4c4ccccc34)nc12. The average Bonchev–Trinajstić information content (AvgIpc) is 2.96. The molecule has 0 fully saturated rings.